The zero-order chi connectivity index (χ0) is 26.1. The lowest BCUT2D eigenvalue weighted by Gasteiger charge is -2.33. The molecule has 1 aliphatic heterocycles. The molecular weight excluding hydrogens is 452 g/mol. The van der Waals surface area contributed by atoms with Crippen LogP contribution >= 0.6 is 0 Å². The lowest BCUT2D eigenvalue weighted by molar-refractivity contribution is -0.137. The normalized spacial score (nSPS) is 15.9. The Bertz CT molecular complexity index is 999. The van der Waals surface area contributed by atoms with Crippen LogP contribution < -0.4 is 16.4 Å². The number of carbonyl (C=O) groups is 3. The number of carbonyl (C=O) groups excluding carboxylic acids is 3. The summed E-state index contributed by atoms with van der Waals surface area (Å²) in [5.74, 6) is -0.331. The third-order valence-corrected chi connectivity index (χ3v) is 6.77. The number of anilines is 1. The number of aryl methyl sites for hydroxylation is 1. The minimum Gasteiger partial charge on any atom is -0.344 e. The zero-order valence-electron chi connectivity index (χ0n) is 21.7. The van der Waals surface area contributed by atoms with Crippen molar-refractivity contribution >= 4 is 23.4 Å². The molecule has 0 aliphatic carbocycles. The monoisotopic (exact) mass is 492 g/mol. The number of rotatable bonds is 10. The highest BCUT2D eigenvalue weighted by Crippen LogP contribution is 2.20. The molecule has 0 radical (unpaired) electrons. The zero-order valence-corrected chi connectivity index (χ0v) is 21.7. The van der Waals surface area contributed by atoms with E-state index in [-0.39, 0.29) is 23.6 Å². The van der Waals surface area contributed by atoms with Crippen molar-refractivity contribution in [2.45, 2.75) is 65.0 Å². The number of likely N-dealkylation sites (tertiary alicyclic amines) is 1. The Kier molecular flexibility index (Phi) is 10.1. The van der Waals surface area contributed by atoms with Crippen LogP contribution in [0.1, 0.15) is 51.2 Å². The number of benzene rings is 2. The number of hydrogen-bond donors (Lipinski definition) is 3. The van der Waals surface area contributed by atoms with E-state index in [9.17, 15) is 14.4 Å². The molecule has 0 aromatic heterocycles. The summed E-state index contributed by atoms with van der Waals surface area (Å²) in [6.45, 7) is 7.18. The van der Waals surface area contributed by atoms with Crippen molar-refractivity contribution in [3.8, 4) is 0 Å². The Labute approximate surface area is 214 Å². The van der Waals surface area contributed by atoms with Gasteiger partial charge in [-0.25, -0.2) is 0 Å². The number of hydrogen-bond acceptors (Lipinski definition) is 4. The molecular formula is C29H40N4O3. The molecule has 3 rings (SSSR count). The fourth-order valence-corrected chi connectivity index (χ4v) is 4.61. The van der Waals surface area contributed by atoms with Gasteiger partial charge in [-0.05, 0) is 54.9 Å². The van der Waals surface area contributed by atoms with Gasteiger partial charge in [0.1, 0.15) is 6.04 Å². The lowest BCUT2D eigenvalue weighted by atomic mass is 9.94. The first kappa shape index (κ1) is 27.4. The van der Waals surface area contributed by atoms with Gasteiger partial charge in [0.05, 0.1) is 6.04 Å². The standard InChI is InChI=1S/C29H40N4O3/c1-4-21-10-12-24(13-11-21)31-28(35)26(19-22-8-6-5-7-9-22)32-27(34)23-14-16-33(17-15-23)29(36)25(30)18-20(2)3/h5-13,20,23,25-26H,4,14-19,30H2,1-3H3,(H,31,35)(H,32,34)/t25-,26-/m0/s1. The fraction of sp³-hybridized carbons (Fsp3) is 0.483. The van der Waals surface area contributed by atoms with Crippen molar-refractivity contribution in [3.05, 3.63) is 65.7 Å². The van der Waals surface area contributed by atoms with Gasteiger partial charge >= 0.3 is 0 Å². The lowest BCUT2D eigenvalue weighted by Crippen LogP contribution is -2.51. The first-order valence-electron chi connectivity index (χ1n) is 13.0. The fourth-order valence-electron chi connectivity index (χ4n) is 4.61. The molecule has 0 saturated carbocycles. The van der Waals surface area contributed by atoms with Gasteiger partial charge in [0.15, 0.2) is 0 Å². The first-order valence-corrected chi connectivity index (χ1v) is 13.0. The maximum absolute atomic E-state index is 13.2. The van der Waals surface area contributed by atoms with Crippen molar-refractivity contribution in [2.75, 3.05) is 18.4 Å². The van der Waals surface area contributed by atoms with E-state index in [2.05, 4.69) is 17.6 Å². The van der Waals surface area contributed by atoms with Crippen molar-refractivity contribution in [1.82, 2.24) is 10.2 Å². The third-order valence-electron chi connectivity index (χ3n) is 6.77. The number of nitrogens with one attached hydrogen (secondary N) is 2. The molecule has 2 atom stereocenters. The van der Waals surface area contributed by atoms with Gasteiger partial charge in [0.25, 0.3) is 0 Å². The van der Waals surface area contributed by atoms with Crippen LogP contribution in [0, 0.1) is 11.8 Å². The minimum absolute atomic E-state index is 0.0435. The van der Waals surface area contributed by atoms with E-state index in [1.165, 1.54) is 5.56 Å². The molecule has 7 nitrogen and oxygen atoms in total. The van der Waals surface area contributed by atoms with Crippen LogP contribution in [0.2, 0.25) is 0 Å². The summed E-state index contributed by atoms with van der Waals surface area (Å²) < 4.78 is 0. The van der Waals surface area contributed by atoms with Crippen molar-refractivity contribution in [2.24, 2.45) is 17.6 Å². The Morgan fingerprint density at radius 3 is 2.19 bits per heavy atom. The molecule has 1 aliphatic rings. The molecule has 2 aromatic carbocycles. The summed E-state index contributed by atoms with van der Waals surface area (Å²) in [4.78, 5) is 40.8. The van der Waals surface area contributed by atoms with E-state index in [1.807, 2.05) is 68.4 Å². The molecule has 1 fully saturated rings. The number of nitrogens with zero attached hydrogens (tertiary/aromatic N) is 1. The molecule has 36 heavy (non-hydrogen) atoms. The van der Waals surface area contributed by atoms with Crippen LogP contribution in [0.25, 0.3) is 0 Å². The van der Waals surface area contributed by atoms with Gasteiger partial charge in [-0.15, -0.1) is 0 Å². The van der Waals surface area contributed by atoms with Gasteiger partial charge in [0, 0.05) is 31.1 Å². The molecule has 0 spiro atoms. The quantitative estimate of drug-likeness (QED) is 0.472. The van der Waals surface area contributed by atoms with E-state index >= 15 is 0 Å². The largest absolute Gasteiger partial charge is 0.344 e. The topological polar surface area (TPSA) is 105 Å². The second-order valence-electron chi connectivity index (χ2n) is 10.1. The maximum Gasteiger partial charge on any atom is 0.247 e. The number of piperidine rings is 1. The van der Waals surface area contributed by atoms with E-state index in [1.54, 1.807) is 4.90 Å². The Morgan fingerprint density at radius 1 is 0.972 bits per heavy atom. The minimum atomic E-state index is -0.704. The maximum atomic E-state index is 13.2. The molecule has 3 amide bonds. The Hall–Kier alpha value is -3.19. The molecule has 194 valence electrons. The van der Waals surface area contributed by atoms with Crippen molar-refractivity contribution < 1.29 is 14.4 Å². The number of nitrogens with two attached hydrogens (primary N) is 1. The highest BCUT2D eigenvalue weighted by atomic mass is 16.2. The van der Waals surface area contributed by atoms with Gasteiger partial charge in [0.2, 0.25) is 17.7 Å². The SMILES string of the molecule is CCc1ccc(NC(=O)[C@H](Cc2ccccc2)NC(=O)C2CCN(C(=O)[C@@H](N)CC(C)C)CC2)cc1. The summed E-state index contributed by atoms with van der Waals surface area (Å²) in [6.07, 6.45) is 3.09. The second-order valence-corrected chi connectivity index (χ2v) is 10.1. The van der Waals surface area contributed by atoms with Gasteiger partial charge in [-0.3, -0.25) is 14.4 Å². The summed E-state index contributed by atoms with van der Waals surface area (Å²) in [5, 5.41) is 5.94. The molecule has 2 aromatic rings. The molecule has 1 heterocycles. The average molecular weight is 493 g/mol. The van der Waals surface area contributed by atoms with Crippen LogP contribution in [0.15, 0.2) is 54.6 Å². The van der Waals surface area contributed by atoms with Gasteiger partial charge in [-0.1, -0.05) is 63.2 Å². The highest BCUT2D eigenvalue weighted by molar-refractivity contribution is 5.97. The average Bonchev–Trinajstić information content (AvgIpc) is 2.88. The smallest absolute Gasteiger partial charge is 0.247 e. The molecule has 0 bridgehead atoms. The van der Waals surface area contributed by atoms with Crippen LogP contribution in [0.4, 0.5) is 5.69 Å². The summed E-state index contributed by atoms with van der Waals surface area (Å²) >= 11 is 0. The van der Waals surface area contributed by atoms with E-state index in [4.69, 9.17) is 5.73 Å². The number of amides is 3. The van der Waals surface area contributed by atoms with E-state index in [0.29, 0.717) is 50.4 Å². The van der Waals surface area contributed by atoms with Crippen LogP contribution in [0.3, 0.4) is 0 Å². The summed E-state index contributed by atoms with van der Waals surface area (Å²) in [6, 6.07) is 16.2. The Morgan fingerprint density at radius 2 is 1.61 bits per heavy atom. The van der Waals surface area contributed by atoms with Crippen LogP contribution in [0.5, 0.6) is 0 Å². The second kappa shape index (κ2) is 13.2. The van der Waals surface area contributed by atoms with Crippen LogP contribution in [-0.4, -0.2) is 47.8 Å². The third kappa shape index (κ3) is 7.92. The molecule has 1 saturated heterocycles. The van der Waals surface area contributed by atoms with Crippen molar-refractivity contribution in [1.29, 1.82) is 0 Å². The Balaban J connectivity index is 1.62. The molecule has 7 heteroatoms. The van der Waals surface area contributed by atoms with E-state index < -0.39 is 12.1 Å². The predicted octanol–water partition coefficient (Wildman–Crippen LogP) is 3.53. The van der Waals surface area contributed by atoms with Crippen LogP contribution in [-0.2, 0) is 27.2 Å². The predicted molar refractivity (Wildman–Crippen MR) is 143 cm³/mol. The van der Waals surface area contributed by atoms with Gasteiger partial charge in [-0.2, -0.15) is 0 Å². The summed E-state index contributed by atoms with van der Waals surface area (Å²) in [5.41, 5.74) is 8.95. The summed E-state index contributed by atoms with van der Waals surface area (Å²) in [7, 11) is 0. The molecule has 0 unspecified atom stereocenters. The van der Waals surface area contributed by atoms with Gasteiger partial charge < -0.3 is 21.3 Å². The highest BCUT2D eigenvalue weighted by Gasteiger charge is 2.31. The van der Waals surface area contributed by atoms with Crippen molar-refractivity contribution in [3.63, 3.8) is 0 Å². The van der Waals surface area contributed by atoms with E-state index in [0.717, 1.165) is 12.0 Å². The first-order chi connectivity index (χ1) is 17.3. The molecule has 4 N–H and O–H groups in total.